The van der Waals surface area contributed by atoms with Crippen LogP contribution in [-0.2, 0) is 6.54 Å². The number of halogens is 1. The average Bonchev–Trinajstić information content (AvgIpc) is 2.93. The van der Waals surface area contributed by atoms with Crippen molar-refractivity contribution in [1.29, 1.82) is 0 Å². The van der Waals surface area contributed by atoms with Gasteiger partial charge in [0.05, 0.1) is 0 Å². The van der Waals surface area contributed by atoms with Crippen molar-refractivity contribution in [3.63, 3.8) is 0 Å². The Morgan fingerprint density at radius 1 is 1.53 bits per heavy atom. The van der Waals surface area contributed by atoms with Crippen LogP contribution in [0.3, 0.4) is 0 Å². The Kier molecular flexibility index (Phi) is 3.25. The molecule has 1 N–H and O–H groups in total. The topological polar surface area (TPSA) is 12.0 Å². The van der Waals surface area contributed by atoms with Crippen molar-refractivity contribution >= 4 is 27.3 Å². The molecule has 0 aromatic carbocycles. The minimum absolute atomic E-state index is 0.310. The van der Waals surface area contributed by atoms with Crippen LogP contribution in [0, 0.1) is 12.8 Å². The Bertz CT molecular complexity index is 333. The molecule has 1 aromatic heterocycles. The van der Waals surface area contributed by atoms with Crippen LogP contribution in [0.5, 0.6) is 0 Å². The highest BCUT2D eigenvalue weighted by Crippen LogP contribution is 2.39. The maximum atomic E-state index is 3.67. The van der Waals surface area contributed by atoms with Crippen molar-refractivity contribution in [3.05, 3.63) is 20.3 Å². The van der Waals surface area contributed by atoms with E-state index < -0.39 is 0 Å². The summed E-state index contributed by atoms with van der Waals surface area (Å²) in [6.07, 6.45) is 2.79. The maximum Gasteiger partial charge on any atom is 0.0314 e. The summed E-state index contributed by atoms with van der Waals surface area (Å²) in [6, 6.07) is 2.23. The lowest BCUT2D eigenvalue weighted by atomic mass is 9.99. The molecular formula is C12H18BrNS. The van der Waals surface area contributed by atoms with E-state index in [1.165, 1.54) is 27.1 Å². The van der Waals surface area contributed by atoms with Gasteiger partial charge in [-0.2, -0.15) is 0 Å². The van der Waals surface area contributed by atoms with Gasteiger partial charge in [0, 0.05) is 26.3 Å². The standard InChI is InChI=1S/C12H18BrNS/c1-8-11(13)6-10(15-8)7-14-12(2,3)9-4-5-9/h6,9,14H,4-5,7H2,1-3H3. The first-order valence-corrected chi connectivity index (χ1v) is 7.10. The molecule has 0 amide bonds. The molecule has 1 fully saturated rings. The summed E-state index contributed by atoms with van der Waals surface area (Å²) in [7, 11) is 0. The second-order valence-corrected chi connectivity index (χ2v) is 7.16. The highest BCUT2D eigenvalue weighted by molar-refractivity contribution is 9.10. The minimum Gasteiger partial charge on any atom is -0.307 e. The Hall–Kier alpha value is 0.140. The first-order chi connectivity index (χ1) is 6.99. The second kappa shape index (κ2) is 4.19. The number of hydrogen-bond acceptors (Lipinski definition) is 2. The molecular weight excluding hydrogens is 270 g/mol. The zero-order valence-electron chi connectivity index (χ0n) is 9.56. The molecule has 0 unspecified atom stereocenters. The molecule has 1 aliphatic rings. The highest BCUT2D eigenvalue weighted by Gasteiger charge is 2.37. The molecule has 0 spiro atoms. The molecule has 0 saturated heterocycles. The zero-order chi connectivity index (χ0) is 11.1. The van der Waals surface area contributed by atoms with Gasteiger partial charge in [-0.05, 0) is 61.5 Å². The summed E-state index contributed by atoms with van der Waals surface area (Å²) in [6.45, 7) is 7.80. The van der Waals surface area contributed by atoms with Gasteiger partial charge in [-0.25, -0.2) is 0 Å². The molecule has 0 radical (unpaired) electrons. The fourth-order valence-electron chi connectivity index (χ4n) is 1.87. The van der Waals surface area contributed by atoms with Crippen LogP contribution in [0.2, 0.25) is 0 Å². The van der Waals surface area contributed by atoms with E-state index in [9.17, 15) is 0 Å². The normalized spacial score (nSPS) is 17.1. The summed E-state index contributed by atoms with van der Waals surface area (Å²) in [5.41, 5.74) is 0.310. The van der Waals surface area contributed by atoms with Crippen molar-refractivity contribution in [2.45, 2.75) is 45.7 Å². The Balaban J connectivity index is 1.92. The summed E-state index contributed by atoms with van der Waals surface area (Å²) >= 11 is 5.44. The zero-order valence-corrected chi connectivity index (χ0v) is 12.0. The Labute approximate surface area is 104 Å². The van der Waals surface area contributed by atoms with Gasteiger partial charge in [-0.3, -0.25) is 0 Å². The molecule has 0 aliphatic heterocycles. The fraction of sp³-hybridized carbons (Fsp3) is 0.667. The molecule has 15 heavy (non-hydrogen) atoms. The molecule has 1 aromatic rings. The predicted molar refractivity (Wildman–Crippen MR) is 70.4 cm³/mol. The van der Waals surface area contributed by atoms with Crippen molar-refractivity contribution in [2.24, 2.45) is 5.92 Å². The summed E-state index contributed by atoms with van der Waals surface area (Å²) in [5.74, 6) is 0.891. The molecule has 1 heterocycles. The SMILES string of the molecule is Cc1sc(CNC(C)(C)C2CC2)cc1Br. The fourth-order valence-corrected chi connectivity index (χ4v) is 3.41. The maximum absolute atomic E-state index is 3.67. The van der Waals surface area contributed by atoms with Gasteiger partial charge in [0.1, 0.15) is 0 Å². The van der Waals surface area contributed by atoms with Crippen LogP contribution in [0.4, 0.5) is 0 Å². The van der Waals surface area contributed by atoms with Gasteiger partial charge in [0.15, 0.2) is 0 Å². The molecule has 0 atom stereocenters. The first kappa shape index (κ1) is 11.6. The lowest BCUT2D eigenvalue weighted by Crippen LogP contribution is -2.40. The largest absolute Gasteiger partial charge is 0.307 e. The smallest absolute Gasteiger partial charge is 0.0314 e. The van der Waals surface area contributed by atoms with Gasteiger partial charge in [-0.1, -0.05) is 0 Å². The lowest BCUT2D eigenvalue weighted by Gasteiger charge is -2.25. The van der Waals surface area contributed by atoms with Gasteiger partial charge >= 0.3 is 0 Å². The predicted octanol–water partition coefficient (Wildman–Crippen LogP) is 4.10. The quantitative estimate of drug-likeness (QED) is 0.879. The number of hydrogen-bond donors (Lipinski definition) is 1. The van der Waals surface area contributed by atoms with Crippen molar-refractivity contribution in [1.82, 2.24) is 5.32 Å². The lowest BCUT2D eigenvalue weighted by molar-refractivity contribution is 0.341. The van der Waals surface area contributed by atoms with E-state index in [2.05, 4.69) is 48.1 Å². The third-order valence-electron chi connectivity index (χ3n) is 3.22. The average molecular weight is 288 g/mol. The molecule has 3 heteroatoms. The van der Waals surface area contributed by atoms with Crippen LogP contribution in [0.25, 0.3) is 0 Å². The molecule has 2 rings (SSSR count). The monoisotopic (exact) mass is 287 g/mol. The van der Waals surface area contributed by atoms with Gasteiger partial charge in [0.25, 0.3) is 0 Å². The van der Waals surface area contributed by atoms with Crippen LogP contribution in [0.1, 0.15) is 36.4 Å². The number of nitrogens with one attached hydrogen (secondary N) is 1. The first-order valence-electron chi connectivity index (χ1n) is 5.49. The summed E-state index contributed by atoms with van der Waals surface area (Å²) in [4.78, 5) is 2.80. The van der Waals surface area contributed by atoms with Gasteiger partial charge in [0.2, 0.25) is 0 Å². The van der Waals surface area contributed by atoms with E-state index in [1.54, 1.807) is 0 Å². The third kappa shape index (κ3) is 2.83. The van der Waals surface area contributed by atoms with E-state index in [-0.39, 0.29) is 0 Å². The number of rotatable bonds is 4. The van der Waals surface area contributed by atoms with E-state index in [0.717, 1.165) is 12.5 Å². The molecule has 1 aliphatic carbocycles. The van der Waals surface area contributed by atoms with Crippen LogP contribution in [-0.4, -0.2) is 5.54 Å². The van der Waals surface area contributed by atoms with Gasteiger partial charge in [-0.15, -0.1) is 11.3 Å². The second-order valence-electron chi connectivity index (χ2n) is 4.97. The van der Waals surface area contributed by atoms with Crippen molar-refractivity contribution < 1.29 is 0 Å². The van der Waals surface area contributed by atoms with E-state index in [1.807, 2.05) is 11.3 Å². The summed E-state index contributed by atoms with van der Waals surface area (Å²) < 4.78 is 1.24. The van der Waals surface area contributed by atoms with Crippen LogP contribution in [0.15, 0.2) is 10.5 Å². The summed E-state index contributed by atoms with van der Waals surface area (Å²) in [5, 5.41) is 3.67. The Morgan fingerprint density at radius 3 is 2.67 bits per heavy atom. The molecule has 1 nitrogen and oxygen atoms in total. The Morgan fingerprint density at radius 2 is 2.20 bits per heavy atom. The number of aryl methyl sites for hydroxylation is 1. The van der Waals surface area contributed by atoms with Crippen molar-refractivity contribution in [3.8, 4) is 0 Å². The third-order valence-corrected chi connectivity index (χ3v) is 5.36. The van der Waals surface area contributed by atoms with E-state index in [0.29, 0.717) is 5.54 Å². The minimum atomic E-state index is 0.310. The molecule has 1 saturated carbocycles. The molecule has 0 bridgehead atoms. The van der Waals surface area contributed by atoms with Gasteiger partial charge < -0.3 is 5.32 Å². The van der Waals surface area contributed by atoms with Crippen LogP contribution >= 0.6 is 27.3 Å². The van der Waals surface area contributed by atoms with E-state index >= 15 is 0 Å². The van der Waals surface area contributed by atoms with Crippen LogP contribution < -0.4 is 5.32 Å². The highest BCUT2D eigenvalue weighted by atomic mass is 79.9. The molecule has 84 valence electrons. The van der Waals surface area contributed by atoms with Crippen molar-refractivity contribution in [2.75, 3.05) is 0 Å². The number of thiophene rings is 1. The van der Waals surface area contributed by atoms with E-state index in [4.69, 9.17) is 0 Å².